The van der Waals surface area contributed by atoms with Crippen molar-refractivity contribution in [2.45, 2.75) is 56.8 Å². The molecule has 13 heteroatoms. The SMILES string of the molecule is COC(=O)[C@H](C)NP(=O)(OCC12COC3C(n4cnc5c(NC6CC6)ncnc54)C(CC31)C2)Oc1ccccc1. The summed E-state index contributed by atoms with van der Waals surface area (Å²) in [5, 5.41) is 6.21. The van der Waals surface area contributed by atoms with Crippen molar-refractivity contribution < 1.29 is 27.9 Å². The van der Waals surface area contributed by atoms with Gasteiger partial charge in [0.15, 0.2) is 11.5 Å². The van der Waals surface area contributed by atoms with E-state index in [0.717, 1.165) is 42.7 Å². The molecule has 1 aromatic carbocycles. The lowest BCUT2D eigenvalue weighted by Crippen LogP contribution is -2.40. The zero-order valence-electron chi connectivity index (χ0n) is 22.4. The monoisotopic (exact) mass is 568 g/mol. The van der Waals surface area contributed by atoms with Crippen molar-refractivity contribution >= 4 is 30.7 Å². The molecule has 3 heterocycles. The molecule has 1 aliphatic heterocycles. The van der Waals surface area contributed by atoms with E-state index in [1.165, 1.54) is 7.11 Å². The molecule has 0 spiro atoms. The minimum Gasteiger partial charge on any atom is -0.468 e. The third-order valence-electron chi connectivity index (χ3n) is 8.79. The van der Waals surface area contributed by atoms with Crippen molar-refractivity contribution in [2.24, 2.45) is 17.3 Å². The van der Waals surface area contributed by atoms with Gasteiger partial charge in [0, 0.05) is 11.5 Å². The molecule has 3 aromatic rings. The van der Waals surface area contributed by atoms with E-state index >= 15 is 0 Å². The second-order valence-corrected chi connectivity index (χ2v) is 13.1. The van der Waals surface area contributed by atoms with Crippen molar-refractivity contribution in [1.82, 2.24) is 24.6 Å². The first-order valence-corrected chi connectivity index (χ1v) is 15.3. The molecular formula is C27H33N6O6P. The van der Waals surface area contributed by atoms with Gasteiger partial charge >= 0.3 is 13.7 Å². The van der Waals surface area contributed by atoms with E-state index in [1.807, 2.05) is 12.4 Å². The van der Waals surface area contributed by atoms with Crippen molar-refractivity contribution in [1.29, 1.82) is 0 Å². The Hall–Kier alpha value is -3.05. The molecule has 7 atom stereocenters. The number of hydrogen-bond acceptors (Lipinski definition) is 10. The molecule has 2 bridgehead atoms. The van der Waals surface area contributed by atoms with Crippen molar-refractivity contribution in [3.05, 3.63) is 43.0 Å². The highest BCUT2D eigenvalue weighted by atomic mass is 31.2. The van der Waals surface area contributed by atoms with Gasteiger partial charge in [-0.05, 0) is 56.6 Å². The summed E-state index contributed by atoms with van der Waals surface area (Å²) in [6, 6.07) is 8.48. The number of nitrogens with zero attached hydrogens (tertiary/aromatic N) is 4. The number of para-hydroxylation sites is 1. The quantitative estimate of drug-likeness (QED) is 0.258. The van der Waals surface area contributed by atoms with Crippen molar-refractivity contribution in [2.75, 3.05) is 25.6 Å². The summed E-state index contributed by atoms with van der Waals surface area (Å²) in [6.45, 7) is 2.25. The molecule has 2 aromatic heterocycles. The Morgan fingerprint density at radius 2 is 2.08 bits per heavy atom. The zero-order valence-corrected chi connectivity index (χ0v) is 23.3. The van der Waals surface area contributed by atoms with Gasteiger partial charge in [0.1, 0.15) is 23.6 Å². The predicted molar refractivity (Wildman–Crippen MR) is 145 cm³/mol. The first-order valence-electron chi connectivity index (χ1n) is 13.8. The van der Waals surface area contributed by atoms with Crippen molar-refractivity contribution in [3.63, 3.8) is 0 Å². The van der Waals surface area contributed by atoms with Gasteiger partial charge in [-0.15, -0.1) is 0 Å². The largest absolute Gasteiger partial charge is 0.468 e. The van der Waals surface area contributed by atoms with Crippen LogP contribution in [0.15, 0.2) is 43.0 Å². The van der Waals surface area contributed by atoms with Crippen LogP contribution in [0.5, 0.6) is 5.75 Å². The molecule has 1 saturated heterocycles. The summed E-state index contributed by atoms with van der Waals surface area (Å²) in [6.07, 6.45) is 7.58. The van der Waals surface area contributed by atoms with Gasteiger partial charge in [0.2, 0.25) is 0 Å². The molecule has 3 saturated carbocycles. The number of imidazole rings is 1. The van der Waals surface area contributed by atoms with Gasteiger partial charge in [-0.1, -0.05) is 18.2 Å². The van der Waals surface area contributed by atoms with E-state index in [-0.39, 0.29) is 30.1 Å². The highest BCUT2D eigenvalue weighted by Crippen LogP contribution is 2.66. The van der Waals surface area contributed by atoms with Gasteiger partial charge in [0.05, 0.1) is 38.8 Å². The number of nitrogens with one attached hydrogen (secondary N) is 2. The first-order chi connectivity index (χ1) is 19.4. The Balaban J connectivity index is 1.09. The number of benzene rings is 1. The van der Waals surface area contributed by atoms with Crippen LogP contribution in [0.3, 0.4) is 0 Å². The predicted octanol–water partition coefficient (Wildman–Crippen LogP) is 3.72. The molecule has 6 unspecified atom stereocenters. The highest BCUT2D eigenvalue weighted by molar-refractivity contribution is 7.52. The zero-order chi connectivity index (χ0) is 27.5. The van der Waals surface area contributed by atoms with Crippen LogP contribution >= 0.6 is 7.75 Å². The lowest BCUT2D eigenvalue weighted by molar-refractivity contribution is -0.142. The smallest absolute Gasteiger partial charge is 0.459 e. The molecule has 12 nitrogen and oxygen atoms in total. The van der Waals surface area contributed by atoms with E-state index < -0.39 is 19.8 Å². The number of methoxy groups -OCH3 is 1. The minimum absolute atomic E-state index is 0.0223. The van der Waals surface area contributed by atoms with E-state index in [2.05, 4.69) is 29.9 Å². The Morgan fingerprint density at radius 3 is 2.85 bits per heavy atom. The number of anilines is 1. The Kier molecular flexibility index (Phi) is 6.34. The first kappa shape index (κ1) is 25.9. The third kappa shape index (κ3) is 4.47. The molecule has 0 amide bonds. The lowest BCUT2D eigenvalue weighted by atomic mass is 9.74. The number of ether oxygens (including phenoxy) is 2. The second-order valence-electron chi connectivity index (χ2n) is 11.4. The average molecular weight is 569 g/mol. The second kappa shape index (κ2) is 9.80. The maximum Gasteiger partial charge on any atom is 0.459 e. The molecule has 40 heavy (non-hydrogen) atoms. The summed E-state index contributed by atoms with van der Waals surface area (Å²) >= 11 is 0. The maximum atomic E-state index is 13.9. The van der Waals surface area contributed by atoms with E-state index in [9.17, 15) is 9.36 Å². The van der Waals surface area contributed by atoms with Crippen LogP contribution in [0.4, 0.5) is 5.82 Å². The number of carbonyl (C=O) groups excluding carboxylic acids is 1. The number of esters is 1. The van der Waals surface area contributed by atoms with Crippen LogP contribution in [0.2, 0.25) is 0 Å². The molecule has 4 fully saturated rings. The van der Waals surface area contributed by atoms with Crippen LogP contribution in [-0.4, -0.2) is 64.0 Å². The fourth-order valence-corrected chi connectivity index (χ4v) is 8.39. The third-order valence-corrected chi connectivity index (χ3v) is 10.4. The van der Waals surface area contributed by atoms with Crippen LogP contribution in [0.25, 0.3) is 11.2 Å². The maximum absolute atomic E-state index is 13.9. The van der Waals surface area contributed by atoms with Gasteiger partial charge in [-0.25, -0.2) is 19.5 Å². The summed E-state index contributed by atoms with van der Waals surface area (Å²) in [5.74, 6) is 1.18. The van der Waals surface area contributed by atoms with E-state index in [0.29, 0.717) is 24.3 Å². The summed E-state index contributed by atoms with van der Waals surface area (Å²) < 4.78 is 39.2. The van der Waals surface area contributed by atoms with Gasteiger partial charge < -0.3 is 23.9 Å². The van der Waals surface area contributed by atoms with Gasteiger partial charge in [-0.2, -0.15) is 5.09 Å². The molecule has 4 aliphatic rings. The molecule has 7 rings (SSSR count). The Bertz CT molecular complexity index is 1470. The van der Waals surface area contributed by atoms with Crippen LogP contribution in [0.1, 0.15) is 38.6 Å². The van der Waals surface area contributed by atoms with Crippen LogP contribution in [0, 0.1) is 17.3 Å². The highest BCUT2D eigenvalue weighted by Gasteiger charge is 2.66. The van der Waals surface area contributed by atoms with Crippen molar-refractivity contribution in [3.8, 4) is 5.75 Å². The van der Waals surface area contributed by atoms with Crippen LogP contribution < -0.4 is 14.9 Å². The lowest BCUT2D eigenvalue weighted by Gasteiger charge is -2.36. The summed E-state index contributed by atoms with van der Waals surface area (Å²) in [5.41, 5.74) is 1.31. The molecule has 3 aliphatic carbocycles. The average Bonchev–Trinajstić information content (AvgIpc) is 3.27. The number of fused-ring (bicyclic) bond motifs is 2. The number of carbonyl (C=O) groups is 1. The Morgan fingerprint density at radius 1 is 1.25 bits per heavy atom. The summed E-state index contributed by atoms with van der Waals surface area (Å²) in [4.78, 5) is 25.8. The molecular weight excluding hydrogens is 535 g/mol. The number of aromatic nitrogens is 4. The molecule has 2 N–H and O–H groups in total. The van der Waals surface area contributed by atoms with Crippen LogP contribution in [-0.2, 0) is 23.4 Å². The minimum atomic E-state index is -3.93. The molecule has 0 radical (unpaired) electrons. The Labute approximate surface area is 231 Å². The van der Waals surface area contributed by atoms with E-state index in [4.69, 9.17) is 18.5 Å². The normalized spacial score (nSPS) is 30.8. The van der Waals surface area contributed by atoms with E-state index in [1.54, 1.807) is 37.5 Å². The fraction of sp³-hybridized carbons (Fsp3) is 0.556. The summed E-state index contributed by atoms with van der Waals surface area (Å²) in [7, 11) is -2.65. The number of hydrogen-bond donors (Lipinski definition) is 2. The number of rotatable bonds is 11. The fourth-order valence-electron chi connectivity index (χ4n) is 6.81. The standard InChI is InChI=1S/C27H33N6O6P/c1-16(26(34)36-2)32-40(35,39-19-6-4-3-5-7-19)38-13-27-11-17-10-20(27)23(37-12-27)22(17)33-15-30-21-24(31-18-8-9-18)28-14-29-25(21)33/h3-7,14-18,20,22-23H,8-13H2,1-2H3,(H,32,35)(H,28,29,31)/t16-,17?,20?,22?,23?,27?,40?/m0/s1. The van der Waals surface area contributed by atoms with Gasteiger partial charge in [-0.3, -0.25) is 9.32 Å². The molecule has 212 valence electrons. The topological polar surface area (TPSA) is 139 Å². The van der Waals surface area contributed by atoms with Gasteiger partial charge in [0.25, 0.3) is 0 Å².